The Bertz CT molecular complexity index is 1160. The van der Waals surface area contributed by atoms with Gasteiger partial charge in [0.2, 0.25) is 0 Å². The van der Waals surface area contributed by atoms with Crippen LogP contribution in [-0.2, 0) is 9.53 Å². The monoisotopic (exact) mass is 455 g/mol. The quantitative estimate of drug-likeness (QED) is 0.582. The number of rotatable bonds is 5. The van der Waals surface area contributed by atoms with Crippen molar-refractivity contribution in [3.05, 3.63) is 64.4 Å². The van der Waals surface area contributed by atoms with Crippen molar-refractivity contribution in [2.24, 2.45) is 0 Å². The Morgan fingerprint density at radius 2 is 1.81 bits per heavy atom. The molecule has 0 atom stereocenters. The third-order valence-corrected chi connectivity index (χ3v) is 5.46. The van der Waals surface area contributed by atoms with Crippen molar-refractivity contribution in [1.29, 1.82) is 0 Å². The lowest BCUT2D eigenvalue weighted by Crippen LogP contribution is -2.21. The van der Waals surface area contributed by atoms with Crippen LogP contribution in [0.5, 0.6) is 11.5 Å². The van der Waals surface area contributed by atoms with E-state index in [4.69, 9.17) is 25.8 Å². The summed E-state index contributed by atoms with van der Waals surface area (Å²) in [4.78, 5) is 24.5. The minimum Gasteiger partial charge on any atom is -0.490 e. The summed E-state index contributed by atoms with van der Waals surface area (Å²) in [5, 5.41) is 7.68. The highest BCUT2D eigenvalue weighted by atomic mass is 35.5. The summed E-state index contributed by atoms with van der Waals surface area (Å²) in [5.41, 5.74) is 3.16. The molecule has 0 radical (unpaired) electrons. The Morgan fingerprint density at radius 1 is 1.09 bits per heavy atom. The number of carbonyl (C=O) groups excluding carboxylic acids is 2. The Balaban J connectivity index is 1.34. The van der Waals surface area contributed by atoms with Crippen LogP contribution in [0.25, 0.3) is 5.69 Å². The number of halogens is 1. The average Bonchev–Trinajstić information content (AvgIpc) is 2.96. The number of nitrogens with one attached hydrogen (secondary N) is 1. The van der Waals surface area contributed by atoms with Crippen LogP contribution in [0, 0.1) is 13.8 Å². The van der Waals surface area contributed by atoms with Crippen molar-refractivity contribution in [2.75, 3.05) is 25.1 Å². The van der Waals surface area contributed by atoms with E-state index in [9.17, 15) is 9.59 Å². The van der Waals surface area contributed by atoms with Gasteiger partial charge in [0.05, 0.1) is 40.9 Å². The molecule has 2 heterocycles. The van der Waals surface area contributed by atoms with Gasteiger partial charge in [0.25, 0.3) is 5.91 Å². The number of amides is 1. The topological polar surface area (TPSA) is 91.7 Å². The Morgan fingerprint density at radius 3 is 2.50 bits per heavy atom. The van der Waals surface area contributed by atoms with E-state index in [1.165, 1.54) is 0 Å². The first kappa shape index (κ1) is 21.7. The van der Waals surface area contributed by atoms with Crippen LogP contribution in [-0.4, -0.2) is 41.5 Å². The predicted molar refractivity (Wildman–Crippen MR) is 119 cm³/mol. The minimum absolute atomic E-state index is 0.324. The van der Waals surface area contributed by atoms with Crippen molar-refractivity contribution in [1.82, 2.24) is 9.78 Å². The van der Waals surface area contributed by atoms with Crippen molar-refractivity contribution in [2.45, 2.75) is 20.3 Å². The van der Waals surface area contributed by atoms with Crippen LogP contribution < -0.4 is 14.8 Å². The van der Waals surface area contributed by atoms with E-state index in [1.54, 1.807) is 47.1 Å². The smallest absolute Gasteiger partial charge is 0.338 e. The molecule has 1 aliphatic heterocycles. The first-order valence-electron chi connectivity index (χ1n) is 10.1. The van der Waals surface area contributed by atoms with Gasteiger partial charge in [-0.3, -0.25) is 4.79 Å². The Hall–Kier alpha value is -3.52. The fraction of sp³-hybridized carbons (Fsp3) is 0.261. The zero-order valence-corrected chi connectivity index (χ0v) is 18.4. The second-order valence-electron chi connectivity index (χ2n) is 7.28. The summed E-state index contributed by atoms with van der Waals surface area (Å²) < 4.78 is 18.0. The summed E-state index contributed by atoms with van der Waals surface area (Å²) in [5.74, 6) is 0.151. The molecule has 0 bridgehead atoms. The molecule has 1 N–H and O–H groups in total. The fourth-order valence-electron chi connectivity index (χ4n) is 3.27. The number of esters is 1. The lowest BCUT2D eigenvalue weighted by Gasteiger charge is -2.11. The lowest BCUT2D eigenvalue weighted by molar-refractivity contribution is -0.119. The molecule has 8 nitrogen and oxygen atoms in total. The van der Waals surface area contributed by atoms with E-state index in [2.05, 4.69) is 10.4 Å². The van der Waals surface area contributed by atoms with Crippen LogP contribution in [0.2, 0.25) is 5.02 Å². The van der Waals surface area contributed by atoms with Crippen molar-refractivity contribution >= 4 is 29.2 Å². The van der Waals surface area contributed by atoms with E-state index in [0.29, 0.717) is 41.0 Å². The molecule has 0 saturated carbocycles. The van der Waals surface area contributed by atoms with Gasteiger partial charge in [-0.15, -0.1) is 0 Å². The van der Waals surface area contributed by atoms with Crippen LogP contribution in [0.15, 0.2) is 42.5 Å². The second-order valence-corrected chi connectivity index (χ2v) is 7.66. The molecule has 166 valence electrons. The molecule has 0 aliphatic carbocycles. The number of benzene rings is 2. The number of ether oxygens (including phenoxy) is 3. The Kier molecular flexibility index (Phi) is 6.32. The molecule has 4 rings (SSSR count). The van der Waals surface area contributed by atoms with Gasteiger partial charge >= 0.3 is 5.97 Å². The number of aromatic nitrogens is 2. The van der Waals surface area contributed by atoms with Crippen LogP contribution in [0.1, 0.15) is 28.2 Å². The molecule has 3 aromatic rings. The number of carbonyl (C=O) groups is 2. The zero-order chi connectivity index (χ0) is 22.7. The van der Waals surface area contributed by atoms with E-state index >= 15 is 0 Å². The highest BCUT2D eigenvalue weighted by Crippen LogP contribution is 2.32. The highest BCUT2D eigenvalue weighted by molar-refractivity contribution is 6.31. The minimum atomic E-state index is -0.600. The van der Waals surface area contributed by atoms with Gasteiger partial charge in [-0.25, -0.2) is 9.48 Å². The maximum Gasteiger partial charge on any atom is 0.338 e. The first-order valence-corrected chi connectivity index (χ1v) is 10.5. The fourth-order valence-corrected chi connectivity index (χ4v) is 3.38. The number of fused-ring (bicyclic) bond motifs is 1. The first-order chi connectivity index (χ1) is 15.4. The third-order valence-electron chi connectivity index (χ3n) is 4.92. The molecule has 0 fully saturated rings. The SMILES string of the molecule is Cc1nn(-c2ccc(C(=O)OCC(=O)Nc3ccc4c(c3)OCCCO4)cc2)c(C)c1Cl. The number of nitrogens with zero attached hydrogens (tertiary/aromatic N) is 2. The second kappa shape index (κ2) is 9.32. The normalized spacial score (nSPS) is 12.7. The molecule has 1 aromatic heterocycles. The van der Waals surface area contributed by atoms with Gasteiger partial charge in [-0.1, -0.05) is 11.6 Å². The summed E-state index contributed by atoms with van der Waals surface area (Å²) in [6.45, 7) is 4.42. The van der Waals surface area contributed by atoms with E-state index in [0.717, 1.165) is 23.5 Å². The molecule has 0 unspecified atom stereocenters. The van der Waals surface area contributed by atoms with Gasteiger partial charge in [0.15, 0.2) is 18.1 Å². The van der Waals surface area contributed by atoms with Gasteiger partial charge in [0.1, 0.15) is 0 Å². The zero-order valence-electron chi connectivity index (χ0n) is 17.7. The van der Waals surface area contributed by atoms with E-state index in [-0.39, 0.29) is 0 Å². The summed E-state index contributed by atoms with van der Waals surface area (Å²) in [6.07, 6.45) is 0.794. The summed E-state index contributed by atoms with van der Waals surface area (Å²) in [6, 6.07) is 11.8. The van der Waals surface area contributed by atoms with Gasteiger partial charge in [0, 0.05) is 18.2 Å². The van der Waals surface area contributed by atoms with Crippen molar-refractivity contribution in [3.63, 3.8) is 0 Å². The highest BCUT2D eigenvalue weighted by Gasteiger charge is 2.15. The maximum atomic E-state index is 12.3. The molecule has 0 spiro atoms. The van der Waals surface area contributed by atoms with Crippen molar-refractivity contribution < 1.29 is 23.8 Å². The largest absolute Gasteiger partial charge is 0.490 e. The maximum absolute atomic E-state index is 12.3. The lowest BCUT2D eigenvalue weighted by atomic mass is 10.2. The van der Waals surface area contributed by atoms with Crippen LogP contribution in [0.3, 0.4) is 0 Å². The average molecular weight is 456 g/mol. The summed E-state index contributed by atoms with van der Waals surface area (Å²) in [7, 11) is 0. The number of anilines is 1. The van der Waals surface area contributed by atoms with Crippen LogP contribution >= 0.6 is 11.6 Å². The Labute approximate surface area is 190 Å². The molecular formula is C23H22ClN3O5. The standard InChI is InChI=1S/C23H22ClN3O5/c1-14-22(24)15(2)27(26-14)18-7-4-16(5-8-18)23(29)32-13-21(28)25-17-6-9-19-20(12-17)31-11-3-10-30-19/h4-9,12H,3,10-11,13H2,1-2H3,(H,25,28). The van der Waals surface area contributed by atoms with Gasteiger partial charge < -0.3 is 19.5 Å². The molecule has 1 aliphatic rings. The van der Waals surface area contributed by atoms with E-state index in [1.807, 2.05) is 13.8 Å². The number of hydrogen-bond donors (Lipinski definition) is 1. The molecule has 1 amide bonds. The third kappa shape index (κ3) is 4.70. The van der Waals surface area contributed by atoms with Crippen LogP contribution in [0.4, 0.5) is 5.69 Å². The van der Waals surface area contributed by atoms with Gasteiger partial charge in [-0.05, 0) is 50.2 Å². The molecule has 9 heteroatoms. The number of hydrogen-bond acceptors (Lipinski definition) is 6. The molecular weight excluding hydrogens is 434 g/mol. The molecule has 32 heavy (non-hydrogen) atoms. The van der Waals surface area contributed by atoms with Crippen molar-refractivity contribution in [3.8, 4) is 17.2 Å². The molecule has 2 aromatic carbocycles. The summed E-state index contributed by atoms with van der Waals surface area (Å²) >= 11 is 6.19. The van der Waals surface area contributed by atoms with E-state index < -0.39 is 18.5 Å². The van der Waals surface area contributed by atoms with Gasteiger partial charge in [-0.2, -0.15) is 5.10 Å². The number of aryl methyl sites for hydroxylation is 1. The predicted octanol–water partition coefficient (Wildman–Crippen LogP) is 4.10. The molecule has 0 saturated heterocycles.